The number of Topliss-reactive ketones (excluding diaryl/α,β-unsaturated/α-hetero) is 2. The van der Waals surface area contributed by atoms with Crippen molar-refractivity contribution in [3.8, 4) is 23.3 Å². The van der Waals surface area contributed by atoms with E-state index in [0.717, 1.165) is 67.3 Å². The molecule has 0 spiro atoms. The van der Waals surface area contributed by atoms with Crippen molar-refractivity contribution in [3.63, 3.8) is 0 Å². The molecule has 0 radical (unpaired) electrons. The second-order valence-corrected chi connectivity index (χ2v) is 18.3. The summed E-state index contributed by atoms with van der Waals surface area (Å²) in [6, 6.07) is 15.6. The van der Waals surface area contributed by atoms with Crippen LogP contribution in [-0.4, -0.2) is 57.7 Å². The molecule has 8 atom stereocenters. The summed E-state index contributed by atoms with van der Waals surface area (Å²) in [5.74, 6) is 5.87. The van der Waals surface area contributed by atoms with E-state index in [1.165, 1.54) is 18.2 Å². The predicted molar refractivity (Wildman–Crippen MR) is 235 cm³/mol. The number of fused-ring (bicyclic) bond motifs is 2. The topological polar surface area (TPSA) is 158 Å². The number of rotatable bonds is 11. The SMILES string of the molecule is CCC[C@@H]([C@@H]1C[C@@H](C2(C3=CCNC(N)=C3)CCCC2)C[C@H]2C#C[C@H](c3ccccc3)c3cc(O)c(OC)cc3CCC(=O)[C@H](O)C(=O)[C@H]2C1)[C@H](O)Cc1cc(C(C)C)c[nH]1. The molecule has 0 amide bonds. The molecule has 2 fully saturated rings. The highest BCUT2D eigenvalue weighted by Gasteiger charge is 2.50. The molecule has 60 heavy (non-hydrogen) atoms. The number of dihydropyridines is 1. The number of carbonyl (C=O) groups is 2. The molecule has 7 N–H and O–H groups in total. The van der Waals surface area contributed by atoms with E-state index in [2.05, 4.69) is 61.1 Å². The maximum atomic E-state index is 14.9. The summed E-state index contributed by atoms with van der Waals surface area (Å²) in [5.41, 5.74) is 12.2. The van der Waals surface area contributed by atoms with Crippen LogP contribution in [0.1, 0.15) is 125 Å². The number of nitrogens with two attached hydrogens (primary N) is 1. The summed E-state index contributed by atoms with van der Waals surface area (Å²) in [6.07, 6.45) is 12.2. The second-order valence-electron chi connectivity index (χ2n) is 18.3. The lowest BCUT2D eigenvalue weighted by molar-refractivity contribution is -0.142. The van der Waals surface area contributed by atoms with Gasteiger partial charge in [0.25, 0.3) is 0 Å². The number of methoxy groups -OCH3 is 1. The van der Waals surface area contributed by atoms with Gasteiger partial charge in [-0.2, -0.15) is 0 Å². The number of aliphatic hydroxyl groups is 2. The molecule has 9 nitrogen and oxygen atoms in total. The van der Waals surface area contributed by atoms with Gasteiger partial charge in [0, 0.05) is 43.1 Å². The Balaban J connectivity index is 1.39. The van der Waals surface area contributed by atoms with Crippen molar-refractivity contribution in [2.45, 2.75) is 122 Å². The molecule has 4 aliphatic rings. The quantitative estimate of drug-likeness (QED) is 0.0840. The molecule has 7 rings (SSSR count). The van der Waals surface area contributed by atoms with E-state index < -0.39 is 41.5 Å². The minimum Gasteiger partial charge on any atom is -0.504 e. The summed E-state index contributed by atoms with van der Waals surface area (Å²) in [4.78, 5) is 32.3. The highest BCUT2D eigenvalue weighted by molar-refractivity contribution is 6.06. The van der Waals surface area contributed by atoms with Crippen LogP contribution in [0, 0.1) is 46.8 Å². The van der Waals surface area contributed by atoms with E-state index in [-0.39, 0.29) is 47.5 Å². The number of aryl methyl sites for hydroxylation is 1. The number of allylic oxidation sites excluding steroid dienone is 2. The molecule has 2 heterocycles. The Bertz CT molecular complexity index is 2120. The highest BCUT2D eigenvalue weighted by Crippen LogP contribution is 2.57. The Kier molecular flexibility index (Phi) is 13.6. The fourth-order valence-electron chi connectivity index (χ4n) is 11.2. The van der Waals surface area contributed by atoms with E-state index in [0.29, 0.717) is 37.5 Å². The van der Waals surface area contributed by atoms with E-state index in [1.54, 1.807) is 12.1 Å². The Morgan fingerprint density at radius 2 is 1.78 bits per heavy atom. The summed E-state index contributed by atoms with van der Waals surface area (Å²) < 4.78 is 5.49. The number of hydrogen-bond donors (Lipinski definition) is 6. The van der Waals surface area contributed by atoms with Crippen LogP contribution in [0.4, 0.5) is 0 Å². The third-order valence-corrected chi connectivity index (χ3v) is 14.4. The summed E-state index contributed by atoms with van der Waals surface area (Å²) in [6.45, 7) is 7.12. The molecule has 1 aliphatic heterocycles. The van der Waals surface area contributed by atoms with Gasteiger partial charge in [0.1, 0.15) is 0 Å². The number of aliphatic hydroxyl groups excluding tert-OH is 2. The first-order chi connectivity index (χ1) is 28.9. The Morgan fingerprint density at radius 3 is 2.47 bits per heavy atom. The first-order valence-corrected chi connectivity index (χ1v) is 22.4. The lowest BCUT2D eigenvalue weighted by Crippen LogP contribution is -2.40. The number of phenols is 1. The summed E-state index contributed by atoms with van der Waals surface area (Å²) in [7, 11) is 1.49. The molecule has 0 bridgehead atoms. The van der Waals surface area contributed by atoms with Gasteiger partial charge in [-0.25, -0.2) is 0 Å². The number of aromatic nitrogens is 1. The first kappa shape index (κ1) is 43.3. The van der Waals surface area contributed by atoms with Crippen molar-refractivity contribution in [2.75, 3.05) is 13.7 Å². The number of phenolic OH excluding ortho intramolecular Hbond substituents is 1. The first-order valence-electron chi connectivity index (χ1n) is 22.4. The number of H-pyrrole nitrogens is 1. The fourth-order valence-corrected chi connectivity index (χ4v) is 11.2. The third kappa shape index (κ3) is 9.11. The van der Waals surface area contributed by atoms with Crippen molar-refractivity contribution >= 4 is 11.6 Å². The van der Waals surface area contributed by atoms with Crippen molar-refractivity contribution < 1.29 is 29.6 Å². The maximum Gasteiger partial charge on any atom is 0.173 e. The molecule has 0 unspecified atom stereocenters. The van der Waals surface area contributed by atoms with Crippen LogP contribution in [0.25, 0.3) is 0 Å². The average Bonchev–Trinajstić information content (AvgIpc) is 3.90. The van der Waals surface area contributed by atoms with Crippen LogP contribution in [0.15, 0.2) is 78.3 Å². The van der Waals surface area contributed by atoms with Crippen LogP contribution >= 0.6 is 0 Å². The number of aromatic amines is 1. The smallest absolute Gasteiger partial charge is 0.173 e. The zero-order valence-electron chi connectivity index (χ0n) is 35.9. The highest BCUT2D eigenvalue weighted by atomic mass is 16.5. The van der Waals surface area contributed by atoms with E-state index in [4.69, 9.17) is 10.5 Å². The largest absolute Gasteiger partial charge is 0.504 e. The van der Waals surface area contributed by atoms with E-state index >= 15 is 0 Å². The number of benzene rings is 2. The molecule has 0 saturated heterocycles. The van der Waals surface area contributed by atoms with Crippen LogP contribution in [0.2, 0.25) is 0 Å². The molecule has 3 aliphatic carbocycles. The summed E-state index contributed by atoms with van der Waals surface area (Å²) >= 11 is 0. The van der Waals surface area contributed by atoms with Gasteiger partial charge < -0.3 is 36.1 Å². The van der Waals surface area contributed by atoms with Crippen molar-refractivity contribution in [3.05, 3.63) is 106 Å². The minimum atomic E-state index is -1.79. The lowest BCUT2D eigenvalue weighted by Gasteiger charge is -2.43. The Labute approximate surface area is 356 Å². The average molecular weight is 816 g/mol. The standard InChI is InChI=1S/C51H65N3O6/c1-5-11-41(45(56)28-39-24-36(30-54-39)31(2)3)35-23-38(51(19-9-10-20-51)37-18-21-53-48(52)27-37)22-33-14-16-40(32-12-7-6-8-13-32)42-29-46(57)47(60-4)26-34(42)15-17-44(55)50(59)49(58)43(33)25-35/h6-8,12-13,18,24,26-27,29-31,33,35,38,40-41,43,45,50,53-54,56-57,59H,5,9-11,15,17,19-23,25,28,52H2,1-4H3/t33-,35-,38+,40-,41+,43+,45-,50+/m1/s1. The number of aromatic hydroxyl groups is 1. The van der Waals surface area contributed by atoms with Gasteiger partial charge in [-0.05, 0) is 126 Å². The number of ether oxygens (including phenoxy) is 1. The molecule has 1 aromatic heterocycles. The van der Waals surface area contributed by atoms with Gasteiger partial charge in [-0.1, -0.05) is 88.3 Å². The van der Waals surface area contributed by atoms with Gasteiger partial charge in [0.05, 0.1) is 25.0 Å². The van der Waals surface area contributed by atoms with Gasteiger partial charge in [0.15, 0.2) is 29.2 Å². The Morgan fingerprint density at radius 1 is 1.02 bits per heavy atom. The Hall–Kier alpha value is -4.78. The third-order valence-electron chi connectivity index (χ3n) is 14.4. The molecule has 2 saturated carbocycles. The normalized spacial score (nSPS) is 26.7. The molecular weight excluding hydrogens is 751 g/mol. The molecule has 320 valence electrons. The molecule has 9 heteroatoms. The minimum absolute atomic E-state index is 0.0195. The van der Waals surface area contributed by atoms with Crippen LogP contribution in [0.3, 0.4) is 0 Å². The van der Waals surface area contributed by atoms with Crippen molar-refractivity contribution in [1.29, 1.82) is 0 Å². The maximum absolute atomic E-state index is 14.9. The number of carbonyl (C=O) groups excluding carboxylic acids is 2. The van der Waals surface area contributed by atoms with E-state index in [9.17, 15) is 24.9 Å². The van der Waals surface area contributed by atoms with Crippen molar-refractivity contribution in [1.82, 2.24) is 10.3 Å². The zero-order valence-corrected chi connectivity index (χ0v) is 35.9. The van der Waals surface area contributed by atoms with Gasteiger partial charge in [-0.3, -0.25) is 9.59 Å². The summed E-state index contributed by atoms with van der Waals surface area (Å²) in [5, 5.41) is 38.4. The number of ketones is 2. The predicted octanol–water partition coefficient (Wildman–Crippen LogP) is 7.99. The zero-order chi connectivity index (χ0) is 42.6. The van der Waals surface area contributed by atoms with Gasteiger partial charge in [-0.15, -0.1) is 0 Å². The molecule has 3 aromatic rings. The van der Waals surface area contributed by atoms with Crippen LogP contribution in [-0.2, 0) is 22.4 Å². The number of hydrogen-bond acceptors (Lipinski definition) is 8. The van der Waals surface area contributed by atoms with Crippen molar-refractivity contribution in [2.24, 2.45) is 40.7 Å². The fraction of sp³-hybridized carbons (Fsp3) is 0.529. The van der Waals surface area contributed by atoms with Gasteiger partial charge >= 0.3 is 0 Å². The van der Waals surface area contributed by atoms with Gasteiger partial charge in [0.2, 0.25) is 0 Å². The van der Waals surface area contributed by atoms with Crippen LogP contribution < -0.4 is 15.8 Å². The number of nitrogens with one attached hydrogen (secondary N) is 2. The molecular formula is C51H65N3O6. The van der Waals surface area contributed by atoms with Crippen LogP contribution in [0.5, 0.6) is 11.5 Å². The lowest BCUT2D eigenvalue weighted by atomic mass is 9.62. The second kappa shape index (κ2) is 18.9. The van der Waals surface area contributed by atoms with E-state index in [1.807, 2.05) is 36.5 Å². The monoisotopic (exact) mass is 815 g/mol. The molecule has 2 aromatic carbocycles.